The normalized spacial score (nSPS) is 26.3. The Balaban J connectivity index is 1.22. The minimum absolute atomic E-state index is 0.00532. The van der Waals surface area contributed by atoms with Gasteiger partial charge in [-0.3, -0.25) is 0 Å². The number of fused-ring (bicyclic) bond motifs is 12. The maximum absolute atomic E-state index is 2.89. The van der Waals surface area contributed by atoms with Crippen LogP contribution in [0.4, 0.5) is 39.8 Å². The zero-order valence-corrected chi connectivity index (χ0v) is 38.7. The van der Waals surface area contributed by atoms with Crippen molar-refractivity contribution in [2.75, 3.05) is 14.7 Å². The highest BCUT2D eigenvalue weighted by Gasteiger charge is 2.64. The molecule has 0 N–H and O–H groups in total. The molecule has 1 saturated carbocycles. The van der Waals surface area contributed by atoms with Crippen LogP contribution in [0.1, 0.15) is 135 Å². The van der Waals surface area contributed by atoms with Gasteiger partial charge in [0.15, 0.2) is 0 Å². The van der Waals surface area contributed by atoms with E-state index in [1.54, 1.807) is 0 Å². The maximum atomic E-state index is 2.89. The number of benzene rings is 6. The van der Waals surface area contributed by atoms with Crippen LogP contribution >= 0.6 is 0 Å². The molecule has 0 saturated heterocycles. The van der Waals surface area contributed by atoms with E-state index in [9.17, 15) is 0 Å². The number of anilines is 7. The van der Waals surface area contributed by atoms with Crippen molar-refractivity contribution in [3.8, 4) is 0 Å². The minimum Gasteiger partial charge on any atom is -0.334 e. The average Bonchev–Trinajstić information content (AvgIpc) is 3.60. The summed E-state index contributed by atoms with van der Waals surface area (Å²) in [5, 5.41) is 0. The van der Waals surface area contributed by atoms with E-state index in [1.165, 1.54) is 115 Å². The molecule has 0 amide bonds. The van der Waals surface area contributed by atoms with E-state index in [0.29, 0.717) is 0 Å². The first kappa shape index (κ1) is 38.5. The van der Waals surface area contributed by atoms with E-state index < -0.39 is 0 Å². The van der Waals surface area contributed by atoms with Crippen molar-refractivity contribution in [2.24, 2.45) is 0 Å². The second-order valence-corrected chi connectivity index (χ2v) is 22.8. The van der Waals surface area contributed by atoms with Crippen LogP contribution in [0.2, 0.25) is 0 Å². The number of rotatable bonds is 2. The van der Waals surface area contributed by atoms with E-state index >= 15 is 0 Å². The third-order valence-corrected chi connectivity index (χ3v) is 17.8. The minimum atomic E-state index is -0.295. The Morgan fingerprint density at radius 2 is 1.16 bits per heavy atom. The first-order valence-corrected chi connectivity index (χ1v) is 23.7. The van der Waals surface area contributed by atoms with Gasteiger partial charge in [-0.15, -0.1) is 0 Å². The molecule has 4 aliphatic heterocycles. The molecule has 0 radical (unpaired) electrons. The molecule has 4 unspecified atom stereocenters. The lowest BCUT2D eigenvalue weighted by Crippen LogP contribution is -2.64. The SMILES string of the molecule is CC(C)(C)c1ccc(N2c3ccc(C(C)(C)C)cc3B3c4cccc5c4N(c4cc(N6c7ccccc7C7(C)CCCCC67C)cc2c43)C2(C)c3ccccc3CCC52C)cc1. The largest absolute Gasteiger partial charge is 0.334 e. The Labute approximate surface area is 371 Å². The Hall–Kier alpha value is -5.22. The lowest BCUT2D eigenvalue weighted by molar-refractivity contribution is 0.195. The molecule has 4 heteroatoms. The van der Waals surface area contributed by atoms with E-state index in [1.807, 2.05) is 0 Å². The van der Waals surface area contributed by atoms with Gasteiger partial charge in [-0.2, -0.15) is 0 Å². The molecule has 62 heavy (non-hydrogen) atoms. The van der Waals surface area contributed by atoms with Gasteiger partial charge in [0.05, 0.1) is 11.1 Å². The summed E-state index contributed by atoms with van der Waals surface area (Å²) < 4.78 is 0. The highest BCUT2D eigenvalue weighted by molar-refractivity contribution is 7.00. The van der Waals surface area contributed by atoms with Gasteiger partial charge in [-0.05, 0) is 137 Å². The first-order chi connectivity index (χ1) is 29.5. The quantitative estimate of drug-likeness (QED) is 0.161. The predicted molar refractivity (Wildman–Crippen MR) is 264 cm³/mol. The lowest BCUT2D eigenvalue weighted by Gasteiger charge is -2.54. The molecule has 0 bridgehead atoms. The summed E-state index contributed by atoms with van der Waals surface area (Å²) in [6.45, 7) is 24.5. The van der Waals surface area contributed by atoms with Gasteiger partial charge in [0.1, 0.15) is 0 Å². The number of hydrogen-bond donors (Lipinski definition) is 0. The number of hydrogen-bond acceptors (Lipinski definition) is 3. The summed E-state index contributed by atoms with van der Waals surface area (Å²) in [6.07, 6.45) is 7.13. The molecule has 2 aliphatic carbocycles. The molecule has 4 atom stereocenters. The van der Waals surface area contributed by atoms with Gasteiger partial charge in [0.2, 0.25) is 0 Å². The zero-order valence-electron chi connectivity index (χ0n) is 38.7. The van der Waals surface area contributed by atoms with Crippen LogP contribution < -0.4 is 31.1 Å². The summed E-state index contributed by atoms with van der Waals surface area (Å²) in [4.78, 5) is 8.36. The van der Waals surface area contributed by atoms with Crippen LogP contribution in [-0.2, 0) is 33.6 Å². The third kappa shape index (κ3) is 4.64. The highest BCUT2D eigenvalue weighted by atomic mass is 15.3. The van der Waals surface area contributed by atoms with Gasteiger partial charge >= 0.3 is 0 Å². The topological polar surface area (TPSA) is 9.72 Å². The first-order valence-electron chi connectivity index (χ1n) is 23.7. The maximum Gasteiger partial charge on any atom is 0.252 e. The van der Waals surface area contributed by atoms with Crippen LogP contribution in [0.15, 0.2) is 121 Å². The van der Waals surface area contributed by atoms with Crippen molar-refractivity contribution in [3.63, 3.8) is 0 Å². The van der Waals surface area contributed by atoms with E-state index in [4.69, 9.17) is 0 Å². The fourth-order valence-corrected chi connectivity index (χ4v) is 13.9. The monoisotopic (exact) mass is 812 g/mol. The Morgan fingerprint density at radius 3 is 1.92 bits per heavy atom. The molecule has 6 aromatic rings. The van der Waals surface area contributed by atoms with E-state index in [0.717, 1.165) is 12.8 Å². The summed E-state index contributed by atoms with van der Waals surface area (Å²) >= 11 is 0. The molecule has 4 heterocycles. The van der Waals surface area contributed by atoms with Crippen LogP contribution in [0.25, 0.3) is 0 Å². The van der Waals surface area contributed by atoms with Crippen molar-refractivity contribution in [1.29, 1.82) is 0 Å². The summed E-state index contributed by atoms with van der Waals surface area (Å²) in [7, 11) is 0. The standard InChI is InChI=1S/C58H62BN3/c1-53(2,3)38-24-27-40(28-25-38)60-48-29-26-39(54(4,5)6)34-46(48)59-45-22-17-21-44-52(45)62(58(10)42-19-12-11-18-37(42)30-33-56(44,58)8)50-36-41(35-49(60)51(50)59)61-47-23-14-13-20-43(47)55(7)31-15-16-32-57(55,61)9/h11-14,17-29,34-36H,15-16,30-33H2,1-10H3. The van der Waals surface area contributed by atoms with Crippen LogP contribution in [0.5, 0.6) is 0 Å². The Kier molecular flexibility index (Phi) is 7.62. The molecule has 6 aliphatic rings. The van der Waals surface area contributed by atoms with Gasteiger partial charge in [-0.1, -0.05) is 153 Å². The molecule has 3 nitrogen and oxygen atoms in total. The fraction of sp³-hybridized carbons (Fsp3) is 0.379. The van der Waals surface area contributed by atoms with Crippen molar-refractivity contribution < 1.29 is 0 Å². The van der Waals surface area contributed by atoms with E-state index in [2.05, 4.69) is 205 Å². The summed E-state index contributed by atoms with van der Waals surface area (Å²) in [6, 6.07) is 48.5. The zero-order chi connectivity index (χ0) is 42.9. The second-order valence-electron chi connectivity index (χ2n) is 22.8. The predicted octanol–water partition coefficient (Wildman–Crippen LogP) is 12.9. The van der Waals surface area contributed by atoms with Crippen LogP contribution in [-0.4, -0.2) is 12.3 Å². The van der Waals surface area contributed by atoms with Crippen LogP contribution in [0, 0.1) is 0 Å². The van der Waals surface area contributed by atoms with Crippen molar-refractivity contribution in [3.05, 3.63) is 155 Å². The fourth-order valence-electron chi connectivity index (χ4n) is 13.9. The Bertz CT molecular complexity index is 2880. The van der Waals surface area contributed by atoms with Crippen LogP contribution in [0.3, 0.4) is 0 Å². The molecule has 12 rings (SSSR count). The Morgan fingerprint density at radius 1 is 0.500 bits per heavy atom. The summed E-state index contributed by atoms with van der Waals surface area (Å²) in [5.41, 5.74) is 22.0. The highest BCUT2D eigenvalue weighted by Crippen LogP contribution is 2.66. The molecule has 312 valence electrons. The molecule has 1 fully saturated rings. The molecular formula is C58H62BN3. The third-order valence-electron chi connectivity index (χ3n) is 17.8. The second kappa shape index (κ2) is 12.3. The van der Waals surface area contributed by atoms with E-state index in [-0.39, 0.29) is 39.5 Å². The van der Waals surface area contributed by atoms with Gasteiger partial charge in [-0.25, -0.2) is 0 Å². The van der Waals surface area contributed by atoms with Gasteiger partial charge in [0.25, 0.3) is 6.71 Å². The van der Waals surface area contributed by atoms with Crippen molar-refractivity contribution in [1.82, 2.24) is 0 Å². The molecular weight excluding hydrogens is 749 g/mol. The molecule has 6 aromatic carbocycles. The summed E-state index contributed by atoms with van der Waals surface area (Å²) in [5.74, 6) is 0. The van der Waals surface area contributed by atoms with Crippen molar-refractivity contribution >= 4 is 62.9 Å². The average molecular weight is 812 g/mol. The molecule has 0 spiro atoms. The molecule has 0 aromatic heterocycles. The van der Waals surface area contributed by atoms with Gasteiger partial charge < -0.3 is 14.7 Å². The van der Waals surface area contributed by atoms with Crippen molar-refractivity contribution in [2.45, 2.75) is 141 Å². The smallest absolute Gasteiger partial charge is 0.252 e. The van der Waals surface area contributed by atoms with Gasteiger partial charge in [0, 0.05) is 50.6 Å². The number of aryl methyl sites for hydroxylation is 1. The number of nitrogens with zero attached hydrogens (tertiary/aromatic N) is 3. The number of para-hydroxylation sites is 2. The lowest BCUT2D eigenvalue weighted by atomic mass is 9.33.